The number of hydrogen-bond donors (Lipinski definition) is 1. The Balaban J connectivity index is 1.69. The first kappa shape index (κ1) is 13.7. The number of benzene rings is 3. The highest BCUT2D eigenvalue weighted by Gasteiger charge is 2.04. The van der Waals surface area contributed by atoms with E-state index >= 15 is 0 Å². The molecule has 0 fully saturated rings. The quantitative estimate of drug-likeness (QED) is 0.531. The van der Waals surface area contributed by atoms with Crippen LogP contribution in [-0.4, -0.2) is 9.97 Å². The Morgan fingerprint density at radius 3 is 1.91 bits per heavy atom. The van der Waals surface area contributed by atoms with Crippen molar-refractivity contribution in [2.24, 2.45) is 0 Å². The van der Waals surface area contributed by atoms with Gasteiger partial charge < -0.3 is 4.98 Å². The van der Waals surface area contributed by atoms with E-state index in [4.69, 9.17) is 0 Å². The molecule has 4 aromatic rings. The highest BCUT2D eigenvalue weighted by atomic mass is 19.1. The van der Waals surface area contributed by atoms with Gasteiger partial charge in [0.25, 0.3) is 0 Å². The summed E-state index contributed by atoms with van der Waals surface area (Å²) in [5.41, 5.74) is 6.40. The van der Waals surface area contributed by atoms with Crippen molar-refractivity contribution >= 4 is 11.0 Å². The number of halogens is 1. The van der Waals surface area contributed by atoms with E-state index in [1.54, 1.807) is 12.1 Å². The molecule has 0 spiro atoms. The predicted octanol–water partition coefficient (Wildman–Crippen LogP) is 5.34. The maximum absolute atomic E-state index is 13.0. The third-order valence-corrected chi connectivity index (χ3v) is 4.00. The van der Waals surface area contributed by atoms with Gasteiger partial charge in [-0.15, -0.1) is 0 Å². The first-order chi connectivity index (χ1) is 11.2. The number of nitrogens with zero attached hydrogens (tertiary/aromatic N) is 1. The van der Waals surface area contributed by atoms with Crippen LogP contribution in [0.5, 0.6) is 0 Å². The zero-order valence-electron chi connectivity index (χ0n) is 12.7. The Bertz CT molecular complexity index is 967. The summed E-state index contributed by atoms with van der Waals surface area (Å²) in [6.45, 7) is 1.96. The van der Waals surface area contributed by atoms with Crippen molar-refractivity contribution in [1.82, 2.24) is 9.97 Å². The molecule has 112 valence electrons. The number of H-pyrrole nitrogens is 1. The SMILES string of the molecule is Cc1nc2ccc(-c3ccc(-c4ccc(F)cc4)cc3)cc2[nH]1. The fourth-order valence-electron chi connectivity index (χ4n) is 2.81. The van der Waals surface area contributed by atoms with Crippen LogP contribution in [0.2, 0.25) is 0 Å². The van der Waals surface area contributed by atoms with Gasteiger partial charge in [0.05, 0.1) is 11.0 Å². The maximum Gasteiger partial charge on any atom is 0.123 e. The molecule has 2 nitrogen and oxygen atoms in total. The Kier molecular flexibility index (Phi) is 3.19. The molecule has 0 atom stereocenters. The minimum atomic E-state index is -0.214. The van der Waals surface area contributed by atoms with E-state index in [9.17, 15) is 4.39 Å². The molecular weight excluding hydrogens is 287 g/mol. The molecule has 0 aliphatic rings. The van der Waals surface area contributed by atoms with Gasteiger partial charge in [-0.2, -0.15) is 0 Å². The van der Waals surface area contributed by atoms with Gasteiger partial charge in [-0.1, -0.05) is 42.5 Å². The van der Waals surface area contributed by atoms with Crippen LogP contribution in [-0.2, 0) is 0 Å². The summed E-state index contributed by atoms with van der Waals surface area (Å²) in [5, 5.41) is 0. The number of imidazole rings is 1. The second-order valence-electron chi connectivity index (χ2n) is 5.64. The highest BCUT2D eigenvalue weighted by Crippen LogP contribution is 2.27. The largest absolute Gasteiger partial charge is 0.342 e. The third-order valence-electron chi connectivity index (χ3n) is 4.00. The molecule has 23 heavy (non-hydrogen) atoms. The average molecular weight is 302 g/mol. The Labute approximate surface area is 133 Å². The van der Waals surface area contributed by atoms with Crippen LogP contribution in [0.15, 0.2) is 66.7 Å². The van der Waals surface area contributed by atoms with E-state index in [-0.39, 0.29) is 5.82 Å². The van der Waals surface area contributed by atoms with Crippen LogP contribution >= 0.6 is 0 Å². The predicted molar refractivity (Wildman–Crippen MR) is 91.7 cm³/mol. The Morgan fingerprint density at radius 1 is 0.739 bits per heavy atom. The Morgan fingerprint density at radius 2 is 1.26 bits per heavy atom. The molecular formula is C20H15FN2. The van der Waals surface area contributed by atoms with Gasteiger partial charge in [-0.3, -0.25) is 0 Å². The fraction of sp³-hybridized carbons (Fsp3) is 0.0500. The van der Waals surface area contributed by atoms with Crippen molar-refractivity contribution in [3.63, 3.8) is 0 Å². The topological polar surface area (TPSA) is 28.7 Å². The van der Waals surface area contributed by atoms with Crippen molar-refractivity contribution in [1.29, 1.82) is 0 Å². The van der Waals surface area contributed by atoms with Crippen molar-refractivity contribution in [3.05, 3.63) is 78.4 Å². The van der Waals surface area contributed by atoms with Crippen molar-refractivity contribution in [3.8, 4) is 22.3 Å². The molecule has 3 aromatic carbocycles. The minimum absolute atomic E-state index is 0.214. The lowest BCUT2D eigenvalue weighted by Gasteiger charge is -2.05. The second-order valence-corrected chi connectivity index (χ2v) is 5.64. The van der Waals surface area contributed by atoms with Crippen LogP contribution in [0.4, 0.5) is 4.39 Å². The summed E-state index contributed by atoms with van der Waals surface area (Å²) >= 11 is 0. The number of aromatic nitrogens is 2. The van der Waals surface area contributed by atoms with Gasteiger partial charge >= 0.3 is 0 Å². The van der Waals surface area contributed by atoms with Gasteiger partial charge in [0.15, 0.2) is 0 Å². The number of rotatable bonds is 2. The average Bonchev–Trinajstić information content (AvgIpc) is 2.95. The van der Waals surface area contributed by atoms with E-state index in [1.807, 2.05) is 13.0 Å². The minimum Gasteiger partial charge on any atom is -0.342 e. The summed E-state index contributed by atoms with van der Waals surface area (Å²) in [6, 6.07) is 21.1. The van der Waals surface area contributed by atoms with E-state index < -0.39 is 0 Å². The van der Waals surface area contributed by atoms with Gasteiger partial charge in [0, 0.05) is 0 Å². The van der Waals surface area contributed by atoms with Crippen LogP contribution in [0.25, 0.3) is 33.3 Å². The number of nitrogens with one attached hydrogen (secondary N) is 1. The van der Waals surface area contributed by atoms with Crippen molar-refractivity contribution in [2.75, 3.05) is 0 Å². The molecule has 0 amide bonds. The van der Waals surface area contributed by atoms with Crippen LogP contribution in [0.1, 0.15) is 5.82 Å². The van der Waals surface area contributed by atoms with Crippen LogP contribution in [0, 0.1) is 12.7 Å². The summed E-state index contributed by atoms with van der Waals surface area (Å²) < 4.78 is 13.0. The molecule has 0 saturated heterocycles. The maximum atomic E-state index is 13.0. The lowest BCUT2D eigenvalue weighted by molar-refractivity contribution is 0.628. The lowest BCUT2D eigenvalue weighted by atomic mass is 10.00. The number of aryl methyl sites for hydroxylation is 1. The zero-order chi connectivity index (χ0) is 15.8. The number of hydrogen-bond acceptors (Lipinski definition) is 1. The molecule has 3 heteroatoms. The summed E-state index contributed by atoms with van der Waals surface area (Å²) in [7, 11) is 0. The fourth-order valence-corrected chi connectivity index (χ4v) is 2.81. The van der Waals surface area contributed by atoms with Crippen molar-refractivity contribution in [2.45, 2.75) is 6.92 Å². The lowest BCUT2D eigenvalue weighted by Crippen LogP contribution is -1.82. The van der Waals surface area contributed by atoms with Crippen LogP contribution < -0.4 is 0 Å². The molecule has 0 bridgehead atoms. The molecule has 0 saturated carbocycles. The van der Waals surface area contributed by atoms with E-state index in [2.05, 4.69) is 46.4 Å². The summed E-state index contributed by atoms with van der Waals surface area (Å²) in [5.74, 6) is 0.706. The second kappa shape index (κ2) is 5.36. The first-order valence-corrected chi connectivity index (χ1v) is 7.52. The smallest absolute Gasteiger partial charge is 0.123 e. The molecule has 1 aromatic heterocycles. The summed E-state index contributed by atoms with van der Waals surface area (Å²) in [4.78, 5) is 7.69. The zero-order valence-corrected chi connectivity index (χ0v) is 12.7. The Hall–Kier alpha value is -2.94. The monoisotopic (exact) mass is 302 g/mol. The first-order valence-electron chi connectivity index (χ1n) is 7.52. The molecule has 1 heterocycles. The molecule has 0 aliphatic heterocycles. The van der Waals surface area contributed by atoms with Gasteiger partial charge in [-0.25, -0.2) is 9.37 Å². The molecule has 0 aliphatic carbocycles. The van der Waals surface area contributed by atoms with Crippen LogP contribution in [0.3, 0.4) is 0 Å². The normalized spacial score (nSPS) is 11.0. The summed E-state index contributed by atoms with van der Waals surface area (Å²) in [6.07, 6.45) is 0. The van der Waals surface area contributed by atoms with Crippen molar-refractivity contribution < 1.29 is 4.39 Å². The molecule has 0 radical (unpaired) electrons. The van der Waals surface area contributed by atoms with E-state index in [1.165, 1.54) is 12.1 Å². The van der Waals surface area contributed by atoms with Gasteiger partial charge in [0.1, 0.15) is 11.6 Å². The highest BCUT2D eigenvalue weighted by molar-refractivity contribution is 5.82. The van der Waals surface area contributed by atoms with Gasteiger partial charge in [0.2, 0.25) is 0 Å². The van der Waals surface area contributed by atoms with E-state index in [0.717, 1.165) is 39.1 Å². The molecule has 4 rings (SSSR count). The number of fused-ring (bicyclic) bond motifs is 1. The van der Waals surface area contributed by atoms with E-state index in [0.29, 0.717) is 0 Å². The third kappa shape index (κ3) is 2.61. The molecule has 1 N–H and O–H groups in total. The standard InChI is InChI=1S/C20H15FN2/c1-13-22-19-11-8-17(12-20(19)23-13)16-4-2-14(3-5-16)15-6-9-18(21)10-7-15/h2-12H,1H3,(H,22,23). The molecule has 0 unspecified atom stereocenters. The van der Waals surface area contributed by atoms with Gasteiger partial charge in [-0.05, 0) is 53.4 Å². The number of aromatic amines is 1.